The number of amides is 2. The van der Waals surface area contributed by atoms with E-state index in [1.165, 1.54) is 4.90 Å². The average molecular weight is 368 g/mol. The van der Waals surface area contributed by atoms with E-state index in [2.05, 4.69) is 5.32 Å². The van der Waals surface area contributed by atoms with Gasteiger partial charge in [0.25, 0.3) is 11.8 Å². The minimum Gasteiger partial charge on any atom is -0.376 e. The second-order valence-corrected chi connectivity index (χ2v) is 6.74. The zero-order valence-corrected chi connectivity index (χ0v) is 15.6. The lowest BCUT2D eigenvalue weighted by molar-refractivity contribution is -0.120. The van der Waals surface area contributed by atoms with Crippen LogP contribution in [-0.2, 0) is 16.1 Å². The van der Waals surface area contributed by atoms with Crippen molar-refractivity contribution in [3.63, 3.8) is 0 Å². The van der Waals surface area contributed by atoms with Gasteiger partial charge in [0.05, 0.1) is 11.3 Å². The van der Waals surface area contributed by atoms with Gasteiger partial charge in [-0.1, -0.05) is 78.4 Å². The van der Waals surface area contributed by atoms with Crippen LogP contribution < -0.4 is 10.2 Å². The fraction of sp³-hybridized carbons (Fsp3) is 0.0833. The molecule has 3 aromatic carbocycles. The van der Waals surface area contributed by atoms with Crippen molar-refractivity contribution >= 4 is 23.1 Å². The molecule has 0 fully saturated rings. The van der Waals surface area contributed by atoms with Crippen molar-refractivity contribution in [2.75, 3.05) is 4.90 Å². The van der Waals surface area contributed by atoms with E-state index in [1.54, 1.807) is 12.1 Å². The fourth-order valence-corrected chi connectivity index (χ4v) is 3.28. The Morgan fingerprint density at radius 1 is 0.750 bits per heavy atom. The van der Waals surface area contributed by atoms with Crippen LogP contribution in [0.15, 0.2) is 90.6 Å². The number of nitrogens with zero attached hydrogens (tertiary/aromatic N) is 1. The van der Waals surface area contributed by atoms with Crippen molar-refractivity contribution in [1.29, 1.82) is 0 Å². The van der Waals surface area contributed by atoms with Gasteiger partial charge in [-0.2, -0.15) is 0 Å². The first-order valence-corrected chi connectivity index (χ1v) is 9.18. The number of hydrogen-bond acceptors (Lipinski definition) is 3. The quantitative estimate of drug-likeness (QED) is 0.691. The third-order valence-electron chi connectivity index (χ3n) is 4.75. The second kappa shape index (κ2) is 7.53. The summed E-state index contributed by atoms with van der Waals surface area (Å²) in [7, 11) is 0. The van der Waals surface area contributed by atoms with Gasteiger partial charge in [0, 0.05) is 6.54 Å². The van der Waals surface area contributed by atoms with Gasteiger partial charge in [-0.15, -0.1) is 0 Å². The topological polar surface area (TPSA) is 49.4 Å². The summed E-state index contributed by atoms with van der Waals surface area (Å²) < 4.78 is 0. The fourth-order valence-electron chi connectivity index (χ4n) is 3.28. The van der Waals surface area contributed by atoms with Gasteiger partial charge in [-0.25, -0.2) is 4.90 Å². The van der Waals surface area contributed by atoms with Crippen molar-refractivity contribution in [2.24, 2.45) is 0 Å². The van der Waals surface area contributed by atoms with E-state index in [9.17, 15) is 9.59 Å². The number of nitrogens with one attached hydrogen (secondary N) is 1. The van der Waals surface area contributed by atoms with Gasteiger partial charge in [-0.3, -0.25) is 9.59 Å². The molecule has 0 aromatic heterocycles. The van der Waals surface area contributed by atoms with Crippen LogP contribution in [0.4, 0.5) is 5.69 Å². The third kappa shape index (κ3) is 3.32. The monoisotopic (exact) mass is 368 g/mol. The molecule has 1 aliphatic heterocycles. The molecule has 4 heteroatoms. The summed E-state index contributed by atoms with van der Waals surface area (Å²) in [4.78, 5) is 27.6. The zero-order valence-electron chi connectivity index (χ0n) is 15.6. The molecule has 0 radical (unpaired) electrons. The number of aryl methyl sites for hydroxylation is 1. The maximum Gasteiger partial charge on any atom is 0.282 e. The first-order chi connectivity index (χ1) is 13.6. The van der Waals surface area contributed by atoms with Crippen molar-refractivity contribution in [3.05, 3.63) is 107 Å². The highest BCUT2D eigenvalue weighted by atomic mass is 16.2. The standard InChI is InChI=1S/C24H20N2O2/c1-17-12-14-19(15-13-17)21-22(25-16-18-8-4-2-5-9-18)24(28)26(23(21)27)20-10-6-3-7-11-20/h2-15,25H,16H2,1H3. The lowest BCUT2D eigenvalue weighted by Crippen LogP contribution is -2.33. The molecule has 0 bridgehead atoms. The molecule has 0 aliphatic carbocycles. The van der Waals surface area contributed by atoms with Gasteiger partial charge in [0.2, 0.25) is 0 Å². The Balaban J connectivity index is 1.74. The van der Waals surface area contributed by atoms with E-state index >= 15 is 0 Å². The van der Waals surface area contributed by atoms with Gasteiger partial charge in [-0.05, 0) is 30.2 Å². The summed E-state index contributed by atoms with van der Waals surface area (Å²) in [5, 5.41) is 3.21. The molecule has 1 aliphatic rings. The normalized spacial score (nSPS) is 14.0. The molecule has 4 nitrogen and oxygen atoms in total. The van der Waals surface area contributed by atoms with Crippen molar-refractivity contribution in [2.45, 2.75) is 13.5 Å². The molecule has 0 spiro atoms. The van der Waals surface area contributed by atoms with Crippen molar-refractivity contribution in [3.8, 4) is 0 Å². The molecule has 1 heterocycles. The molecular weight excluding hydrogens is 348 g/mol. The molecule has 3 aromatic rings. The van der Waals surface area contributed by atoms with E-state index in [1.807, 2.05) is 79.7 Å². The molecule has 138 valence electrons. The summed E-state index contributed by atoms with van der Waals surface area (Å²) >= 11 is 0. The Hall–Kier alpha value is -3.66. The Kier molecular flexibility index (Phi) is 4.77. The maximum atomic E-state index is 13.2. The van der Waals surface area contributed by atoms with E-state index in [0.717, 1.165) is 16.7 Å². The number of para-hydroxylation sites is 1. The lowest BCUT2D eigenvalue weighted by Gasteiger charge is -2.15. The molecule has 4 rings (SSSR count). The highest BCUT2D eigenvalue weighted by Crippen LogP contribution is 2.32. The first kappa shape index (κ1) is 17.7. The van der Waals surface area contributed by atoms with E-state index in [4.69, 9.17) is 0 Å². The summed E-state index contributed by atoms with van der Waals surface area (Å²) in [6.45, 7) is 2.46. The Morgan fingerprint density at radius 2 is 1.36 bits per heavy atom. The highest BCUT2D eigenvalue weighted by Gasteiger charge is 2.39. The molecule has 0 saturated heterocycles. The van der Waals surface area contributed by atoms with E-state index < -0.39 is 0 Å². The van der Waals surface area contributed by atoms with Crippen molar-refractivity contribution in [1.82, 2.24) is 5.32 Å². The van der Waals surface area contributed by atoms with Gasteiger partial charge in [0.1, 0.15) is 5.70 Å². The number of carbonyl (C=O) groups is 2. The number of anilines is 1. The summed E-state index contributed by atoms with van der Waals surface area (Å²) in [6.07, 6.45) is 0. The maximum absolute atomic E-state index is 13.2. The third-order valence-corrected chi connectivity index (χ3v) is 4.75. The Labute approximate surface area is 164 Å². The molecule has 0 atom stereocenters. The predicted molar refractivity (Wildman–Crippen MR) is 110 cm³/mol. The lowest BCUT2D eigenvalue weighted by atomic mass is 10.0. The first-order valence-electron chi connectivity index (χ1n) is 9.18. The number of imide groups is 1. The Bertz CT molecular complexity index is 1040. The summed E-state index contributed by atoms with van der Waals surface area (Å²) in [5.41, 5.74) is 4.18. The summed E-state index contributed by atoms with van der Waals surface area (Å²) in [5.74, 6) is -0.640. The summed E-state index contributed by atoms with van der Waals surface area (Å²) in [6, 6.07) is 26.5. The van der Waals surface area contributed by atoms with Crippen LogP contribution in [0.25, 0.3) is 5.57 Å². The molecule has 1 N–H and O–H groups in total. The minimum absolute atomic E-state index is 0.310. The number of rotatable bonds is 5. The van der Waals surface area contributed by atoms with Crippen LogP contribution in [0.5, 0.6) is 0 Å². The van der Waals surface area contributed by atoms with Crippen LogP contribution in [-0.4, -0.2) is 11.8 Å². The van der Waals surface area contributed by atoms with Crippen molar-refractivity contribution < 1.29 is 9.59 Å². The van der Waals surface area contributed by atoms with E-state index in [0.29, 0.717) is 23.5 Å². The number of carbonyl (C=O) groups excluding carboxylic acids is 2. The average Bonchev–Trinajstić information content (AvgIpc) is 2.98. The van der Waals surface area contributed by atoms with Crippen LogP contribution in [0.1, 0.15) is 16.7 Å². The van der Waals surface area contributed by atoms with Gasteiger partial charge >= 0.3 is 0 Å². The molecule has 0 saturated carbocycles. The molecular formula is C24H20N2O2. The van der Waals surface area contributed by atoms with Gasteiger partial charge < -0.3 is 5.32 Å². The molecule has 0 unspecified atom stereocenters. The molecule has 2 amide bonds. The highest BCUT2D eigenvalue weighted by molar-refractivity contribution is 6.45. The van der Waals surface area contributed by atoms with Crippen LogP contribution in [0.3, 0.4) is 0 Å². The zero-order chi connectivity index (χ0) is 19.5. The largest absolute Gasteiger partial charge is 0.376 e. The molecule has 28 heavy (non-hydrogen) atoms. The number of benzene rings is 3. The smallest absolute Gasteiger partial charge is 0.282 e. The minimum atomic E-state index is -0.331. The van der Waals surface area contributed by atoms with Crippen LogP contribution in [0.2, 0.25) is 0 Å². The van der Waals surface area contributed by atoms with E-state index in [-0.39, 0.29) is 11.8 Å². The SMILES string of the molecule is Cc1ccc(C2=C(NCc3ccccc3)C(=O)N(c3ccccc3)C2=O)cc1. The predicted octanol–water partition coefficient (Wildman–Crippen LogP) is 4.07. The Morgan fingerprint density at radius 3 is 2.00 bits per heavy atom. The number of hydrogen-bond donors (Lipinski definition) is 1. The van der Waals surface area contributed by atoms with Crippen LogP contribution in [0, 0.1) is 6.92 Å². The second-order valence-electron chi connectivity index (χ2n) is 6.74. The van der Waals surface area contributed by atoms with Gasteiger partial charge in [0.15, 0.2) is 0 Å². The van der Waals surface area contributed by atoms with Crippen LogP contribution >= 0.6 is 0 Å².